The Hall–Kier alpha value is -0.900. The van der Waals surface area contributed by atoms with Gasteiger partial charge in [-0.15, -0.1) is 0 Å². The van der Waals surface area contributed by atoms with Crippen molar-refractivity contribution in [1.29, 1.82) is 0 Å². The van der Waals surface area contributed by atoms with Crippen molar-refractivity contribution in [2.24, 2.45) is 0 Å². The zero-order chi connectivity index (χ0) is 11.9. The van der Waals surface area contributed by atoms with Crippen molar-refractivity contribution in [2.75, 3.05) is 26.3 Å². The third kappa shape index (κ3) is 3.53. The lowest BCUT2D eigenvalue weighted by Crippen LogP contribution is -2.28. The molecule has 2 N–H and O–H groups in total. The number of ether oxygens (including phenoxy) is 1. The van der Waals surface area contributed by atoms with Crippen molar-refractivity contribution < 1.29 is 9.84 Å². The Morgan fingerprint density at radius 1 is 1.29 bits per heavy atom. The van der Waals surface area contributed by atoms with E-state index in [1.54, 1.807) is 0 Å². The van der Waals surface area contributed by atoms with Crippen LogP contribution in [0.2, 0.25) is 0 Å². The predicted molar refractivity (Wildman–Crippen MR) is 68.0 cm³/mol. The SMILES string of the molecule is OCCCCNCC1OCCc2ccccc21. The quantitative estimate of drug-likeness (QED) is 0.737. The van der Waals surface area contributed by atoms with Crippen LogP contribution in [0, 0.1) is 0 Å². The zero-order valence-electron chi connectivity index (χ0n) is 10.2. The number of nitrogens with one attached hydrogen (secondary N) is 1. The fraction of sp³-hybridized carbons (Fsp3) is 0.571. The van der Waals surface area contributed by atoms with Gasteiger partial charge in [-0.25, -0.2) is 0 Å². The van der Waals surface area contributed by atoms with Gasteiger partial charge in [0, 0.05) is 13.2 Å². The second-order valence-electron chi connectivity index (χ2n) is 4.44. The zero-order valence-corrected chi connectivity index (χ0v) is 10.2. The molecular formula is C14H21NO2. The van der Waals surface area contributed by atoms with Gasteiger partial charge in [0.25, 0.3) is 0 Å². The average Bonchev–Trinajstić information content (AvgIpc) is 2.39. The first-order valence-electron chi connectivity index (χ1n) is 6.43. The largest absolute Gasteiger partial charge is 0.396 e. The first-order valence-corrected chi connectivity index (χ1v) is 6.43. The van der Waals surface area contributed by atoms with Crippen LogP contribution in [0.5, 0.6) is 0 Å². The summed E-state index contributed by atoms with van der Waals surface area (Å²) in [4.78, 5) is 0. The molecule has 0 amide bonds. The van der Waals surface area contributed by atoms with Gasteiger partial charge in [-0.1, -0.05) is 24.3 Å². The molecule has 1 heterocycles. The summed E-state index contributed by atoms with van der Waals surface area (Å²) >= 11 is 0. The second kappa shape index (κ2) is 6.74. The van der Waals surface area contributed by atoms with Gasteiger partial charge in [-0.2, -0.15) is 0 Å². The van der Waals surface area contributed by atoms with Gasteiger partial charge in [0.1, 0.15) is 0 Å². The summed E-state index contributed by atoms with van der Waals surface area (Å²) in [6, 6.07) is 8.52. The third-order valence-electron chi connectivity index (χ3n) is 3.18. The minimum atomic E-state index is 0.189. The van der Waals surface area contributed by atoms with E-state index in [9.17, 15) is 0 Å². The number of aliphatic hydroxyl groups is 1. The molecule has 0 saturated carbocycles. The standard InChI is InChI=1S/C14H21NO2/c16-9-4-3-8-15-11-14-13-6-2-1-5-12(13)7-10-17-14/h1-2,5-6,14-16H,3-4,7-11H2. The van der Waals surface area contributed by atoms with Gasteiger partial charge in [0.15, 0.2) is 0 Å². The molecule has 1 unspecified atom stereocenters. The number of hydrogen-bond donors (Lipinski definition) is 2. The van der Waals surface area contributed by atoms with Gasteiger partial charge >= 0.3 is 0 Å². The van der Waals surface area contributed by atoms with Crippen molar-refractivity contribution in [2.45, 2.75) is 25.4 Å². The number of benzene rings is 1. The first kappa shape index (κ1) is 12.6. The highest BCUT2D eigenvalue weighted by Crippen LogP contribution is 2.25. The Bertz CT molecular complexity index is 341. The van der Waals surface area contributed by atoms with Crippen LogP contribution >= 0.6 is 0 Å². The van der Waals surface area contributed by atoms with Crippen LogP contribution in [-0.2, 0) is 11.2 Å². The molecule has 1 aromatic carbocycles. The topological polar surface area (TPSA) is 41.5 Å². The first-order chi connectivity index (χ1) is 8.42. The molecule has 94 valence electrons. The Kier molecular flexibility index (Phi) is 4.98. The van der Waals surface area contributed by atoms with E-state index in [0.29, 0.717) is 0 Å². The van der Waals surface area contributed by atoms with Gasteiger partial charge in [-0.05, 0) is 36.9 Å². The summed E-state index contributed by atoms with van der Waals surface area (Å²) in [7, 11) is 0. The predicted octanol–water partition coefficient (Wildman–Crippen LogP) is 1.66. The molecule has 3 heteroatoms. The maximum atomic E-state index is 8.69. The Balaban J connectivity index is 1.82. The Labute approximate surface area is 103 Å². The molecular weight excluding hydrogens is 214 g/mol. The molecule has 1 atom stereocenters. The molecule has 1 aromatic rings. The minimum absolute atomic E-state index is 0.189. The Morgan fingerprint density at radius 2 is 2.18 bits per heavy atom. The van der Waals surface area contributed by atoms with Gasteiger partial charge in [0.05, 0.1) is 12.7 Å². The van der Waals surface area contributed by atoms with Gasteiger partial charge in [-0.3, -0.25) is 0 Å². The summed E-state index contributed by atoms with van der Waals surface area (Å²) in [6.45, 7) is 2.91. The lowest BCUT2D eigenvalue weighted by atomic mass is 9.97. The second-order valence-corrected chi connectivity index (χ2v) is 4.44. The van der Waals surface area contributed by atoms with E-state index in [2.05, 4.69) is 29.6 Å². The lowest BCUT2D eigenvalue weighted by Gasteiger charge is -2.26. The van der Waals surface area contributed by atoms with E-state index in [1.165, 1.54) is 11.1 Å². The normalized spacial score (nSPS) is 19.0. The summed E-state index contributed by atoms with van der Waals surface area (Å²) in [5.74, 6) is 0. The van der Waals surface area contributed by atoms with Crippen molar-refractivity contribution in [3.8, 4) is 0 Å². The van der Waals surface area contributed by atoms with Crippen LogP contribution in [0.15, 0.2) is 24.3 Å². The van der Waals surface area contributed by atoms with E-state index >= 15 is 0 Å². The molecule has 0 saturated heterocycles. The molecule has 1 aliphatic rings. The lowest BCUT2D eigenvalue weighted by molar-refractivity contribution is 0.0426. The molecule has 17 heavy (non-hydrogen) atoms. The fourth-order valence-corrected chi connectivity index (χ4v) is 2.24. The van der Waals surface area contributed by atoms with E-state index in [-0.39, 0.29) is 12.7 Å². The van der Waals surface area contributed by atoms with E-state index in [4.69, 9.17) is 9.84 Å². The maximum Gasteiger partial charge on any atom is 0.0952 e. The van der Waals surface area contributed by atoms with E-state index < -0.39 is 0 Å². The number of aliphatic hydroxyl groups excluding tert-OH is 1. The molecule has 3 nitrogen and oxygen atoms in total. The summed E-state index contributed by atoms with van der Waals surface area (Å²) < 4.78 is 5.80. The van der Waals surface area contributed by atoms with Gasteiger partial charge < -0.3 is 15.2 Å². The summed E-state index contributed by atoms with van der Waals surface area (Å²) in [5.41, 5.74) is 2.74. The van der Waals surface area contributed by atoms with Crippen LogP contribution in [0.4, 0.5) is 0 Å². The number of rotatable bonds is 6. The van der Waals surface area contributed by atoms with Crippen molar-refractivity contribution in [3.63, 3.8) is 0 Å². The van der Waals surface area contributed by atoms with Crippen molar-refractivity contribution in [1.82, 2.24) is 5.32 Å². The van der Waals surface area contributed by atoms with Crippen molar-refractivity contribution in [3.05, 3.63) is 35.4 Å². The number of fused-ring (bicyclic) bond motifs is 1. The molecule has 0 aliphatic carbocycles. The fourth-order valence-electron chi connectivity index (χ4n) is 2.24. The molecule has 0 bridgehead atoms. The smallest absolute Gasteiger partial charge is 0.0952 e. The Morgan fingerprint density at radius 3 is 3.06 bits per heavy atom. The molecule has 1 aliphatic heterocycles. The number of unbranched alkanes of at least 4 members (excludes halogenated alkanes) is 1. The number of hydrogen-bond acceptors (Lipinski definition) is 3. The molecule has 0 radical (unpaired) electrons. The van der Waals surface area contributed by atoms with Crippen LogP contribution < -0.4 is 5.32 Å². The average molecular weight is 235 g/mol. The van der Waals surface area contributed by atoms with Crippen LogP contribution in [-0.4, -0.2) is 31.4 Å². The molecule has 2 rings (SSSR count). The van der Waals surface area contributed by atoms with Crippen LogP contribution in [0.1, 0.15) is 30.1 Å². The third-order valence-corrected chi connectivity index (χ3v) is 3.18. The summed E-state index contributed by atoms with van der Waals surface area (Å²) in [5, 5.41) is 12.1. The molecule has 0 aromatic heterocycles. The van der Waals surface area contributed by atoms with Crippen LogP contribution in [0.3, 0.4) is 0 Å². The molecule has 0 fully saturated rings. The highest BCUT2D eigenvalue weighted by molar-refractivity contribution is 5.31. The van der Waals surface area contributed by atoms with E-state index in [0.717, 1.165) is 39.0 Å². The highest BCUT2D eigenvalue weighted by atomic mass is 16.5. The van der Waals surface area contributed by atoms with E-state index in [1.807, 2.05) is 0 Å². The molecule has 0 spiro atoms. The monoisotopic (exact) mass is 235 g/mol. The highest BCUT2D eigenvalue weighted by Gasteiger charge is 2.19. The minimum Gasteiger partial charge on any atom is -0.396 e. The summed E-state index contributed by atoms with van der Waals surface area (Å²) in [6.07, 6.45) is 3.10. The van der Waals surface area contributed by atoms with Gasteiger partial charge in [0.2, 0.25) is 0 Å². The van der Waals surface area contributed by atoms with Crippen LogP contribution in [0.25, 0.3) is 0 Å². The maximum absolute atomic E-state index is 8.69. The van der Waals surface area contributed by atoms with Crippen molar-refractivity contribution >= 4 is 0 Å².